The Morgan fingerprint density at radius 1 is 1.22 bits per heavy atom. The maximum atomic E-state index is 13.4. The van der Waals surface area contributed by atoms with E-state index in [1.165, 1.54) is 6.07 Å². The van der Waals surface area contributed by atoms with Crippen molar-refractivity contribution in [2.75, 3.05) is 0 Å². The zero-order valence-corrected chi connectivity index (χ0v) is 10.0. The summed E-state index contributed by atoms with van der Waals surface area (Å²) in [5, 5.41) is 0. The number of ether oxygens (including phenoxy) is 1. The van der Waals surface area contributed by atoms with E-state index in [2.05, 4.69) is 0 Å². The minimum Gasteiger partial charge on any atom is -0.489 e. The summed E-state index contributed by atoms with van der Waals surface area (Å²) < 4.78 is 18.9. The van der Waals surface area contributed by atoms with Gasteiger partial charge in [0.2, 0.25) is 0 Å². The Balaban J connectivity index is 2.15. The lowest BCUT2D eigenvalue weighted by Gasteiger charge is -2.10. The molecule has 0 aliphatic carbocycles. The van der Waals surface area contributed by atoms with E-state index < -0.39 is 0 Å². The van der Waals surface area contributed by atoms with Gasteiger partial charge in [0.05, 0.1) is 0 Å². The van der Waals surface area contributed by atoms with Gasteiger partial charge >= 0.3 is 0 Å². The summed E-state index contributed by atoms with van der Waals surface area (Å²) in [6, 6.07) is 11.6. The summed E-state index contributed by atoms with van der Waals surface area (Å²) in [5.41, 5.74) is 1.95. The number of aryl methyl sites for hydroxylation is 1. The average molecular weight is 244 g/mol. The lowest BCUT2D eigenvalue weighted by molar-refractivity contribution is 0.112. The molecule has 0 saturated carbocycles. The molecule has 0 amide bonds. The largest absolute Gasteiger partial charge is 0.489 e. The summed E-state index contributed by atoms with van der Waals surface area (Å²) in [5.74, 6) is 0.310. The number of rotatable bonds is 4. The van der Waals surface area contributed by atoms with Crippen LogP contribution in [0.4, 0.5) is 4.39 Å². The number of hydrogen-bond donors (Lipinski definition) is 0. The van der Waals surface area contributed by atoms with Gasteiger partial charge in [-0.05, 0) is 24.6 Å². The molecular formula is C15H13FO2. The van der Waals surface area contributed by atoms with Crippen molar-refractivity contribution in [2.45, 2.75) is 13.5 Å². The van der Waals surface area contributed by atoms with Gasteiger partial charge in [0.25, 0.3) is 0 Å². The van der Waals surface area contributed by atoms with E-state index in [0.717, 1.165) is 11.8 Å². The highest BCUT2D eigenvalue weighted by Gasteiger charge is 2.04. The van der Waals surface area contributed by atoms with Crippen molar-refractivity contribution in [3.05, 3.63) is 65.0 Å². The average Bonchev–Trinajstić information content (AvgIpc) is 2.39. The van der Waals surface area contributed by atoms with E-state index in [-0.39, 0.29) is 12.4 Å². The molecule has 0 atom stereocenters. The van der Waals surface area contributed by atoms with Gasteiger partial charge in [0.1, 0.15) is 24.5 Å². The SMILES string of the molecule is Cc1ccc(C=O)cc1OCc1ccccc1F. The molecule has 18 heavy (non-hydrogen) atoms. The van der Waals surface area contributed by atoms with Crippen LogP contribution >= 0.6 is 0 Å². The first-order valence-corrected chi connectivity index (χ1v) is 5.63. The predicted octanol–water partition coefficient (Wildman–Crippen LogP) is 3.53. The van der Waals surface area contributed by atoms with E-state index in [1.807, 2.05) is 6.92 Å². The van der Waals surface area contributed by atoms with Crippen LogP contribution in [-0.2, 0) is 6.61 Å². The third kappa shape index (κ3) is 2.74. The number of benzene rings is 2. The standard InChI is InChI=1S/C15H13FO2/c1-11-6-7-12(9-17)8-15(11)18-10-13-4-2-3-5-14(13)16/h2-9H,10H2,1H3. The fourth-order valence-electron chi connectivity index (χ4n) is 1.62. The van der Waals surface area contributed by atoms with Gasteiger partial charge in [-0.2, -0.15) is 0 Å². The lowest BCUT2D eigenvalue weighted by Crippen LogP contribution is -2.00. The molecule has 0 saturated heterocycles. The molecule has 0 aromatic heterocycles. The zero-order chi connectivity index (χ0) is 13.0. The highest BCUT2D eigenvalue weighted by Crippen LogP contribution is 2.20. The number of halogens is 1. The van der Waals surface area contributed by atoms with Crippen LogP contribution in [0.15, 0.2) is 42.5 Å². The summed E-state index contributed by atoms with van der Waals surface area (Å²) >= 11 is 0. The van der Waals surface area contributed by atoms with Crippen molar-refractivity contribution < 1.29 is 13.9 Å². The summed E-state index contributed by atoms with van der Waals surface area (Å²) in [7, 11) is 0. The van der Waals surface area contributed by atoms with Gasteiger partial charge in [0, 0.05) is 11.1 Å². The molecule has 2 rings (SSSR count). The quantitative estimate of drug-likeness (QED) is 0.769. The van der Waals surface area contributed by atoms with Crippen LogP contribution in [0, 0.1) is 12.7 Å². The molecular weight excluding hydrogens is 231 g/mol. The first-order chi connectivity index (χ1) is 8.70. The van der Waals surface area contributed by atoms with Crippen LogP contribution < -0.4 is 4.74 Å². The molecule has 0 unspecified atom stereocenters. The normalized spacial score (nSPS) is 10.1. The maximum absolute atomic E-state index is 13.4. The molecule has 2 nitrogen and oxygen atoms in total. The molecule has 0 bridgehead atoms. The smallest absolute Gasteiger partial charge is 0.150 e. The Bertz CT molecular complexity index is 564. The molecule has 0 N–H and O–H groups in total. The van der Waals surface area contributed by atoms with Gasteiger partial charge in [0.15, 0.2) is 0 Å². The molecule has 92 valence electrons. The minimum atomic E-state index is -0.290. The van der Waals surface area contributed by atoms with Crippen LogP contribution in [0.5, 0.6) is 5.75 Å². The van der Waals surface area contributed by atoms with Crippen molar-refractivity contribution >= 4 is 6.29 Å². The Morgan fingerprint density at radius 2 is 2.00 bits per heavy atom. The summed E-state index contributed by atoms with van der Waals surface area (Å²) in [6.07, 6.45) is 0.759. The number of carbonyl (C=O) groups excluding carboxylic acids is 1. The van der Waals surface area contributed by atoms with E-state index in [9.17, 15) is 9.18 Å². The fourth-order valence-corrected chi connectivity index (χ4v) is 1.62. The van der Waals surface area contributed by atoms with Gasteiger partial charge in [-0.1, -0.05) is 30.3 Å². The second kappa shape index (κ2) is 5.45. The van der Waals surface area contributed by atoms with Crippen molar-refractivity contribution in [1.82, 2.24) is 0 Å². The van der Waals surface area contributed by atoms with Crippen molar-refractivity contribution in [2.24, 2.45) is 0 Å². The van der Waals surface area contributed by atoms with E-state index in [0.29, 0.717) is 16.9 Å². The van der Waals surface area contributed by atoms with Crippen LogP contribution in [0.3, 0.4) is 0 Å². The Hall–Kier alpha value is -2.16. The van der Waals surface area contributed by atoms with Gasteiger partial charge in [-0.15, -0.1) is 0 Å². The topological polar surface area (TPSA) is 26.3 Å². The first kappa shape index (κ1) is 12.3. The Kier molecular flexibility index (Phi) is 3.72. The number of carbonyl (C=O) groups is 1. The van der Waals surface area contributed by atoms with E-state index in [1.54, 1.807) is 36.4 Å². The Morgan fingerprint density at radius 3 is 2.72 bits per heavy atom. The first-order valence-electron chi connectivity index (χ1n) is 5.63. The zero-order valence-electron chi connectivity index (χ0n) is 10.0. The maximum Gasteiger partial charge on any atom is 0.150 e. The van der Waals surface area contributed by atoms with Gasteiger partial charge in [-0.3, -0.25) is 4.79 Å². The van der Waals surface area contributed by atoms with Crippen LogP contribution in [0.1, 0.15) is 21.5 Å². The number of aldehydes is 1. The van der Waals surface area contributed by atoms with Crippen LogP contribution in [0.2, 0.25) is 0 Å². The highest BCUT2D eigenvalue weighted by atomic mass is 19.1. The summed E-state index contributed by atoms with van der Waals surface area (Å²) in [6.45, 7) is 2.03. The van der Waals surface area contributed by atoms with E-state index >= 15 is 0 Å². The number of hydrogen-bond acceptors (Lipinski definition) is 2. The molecule has 0 aliphatic rings. The summed E-state index contributed by atoms with van der Waals surface area (Å²) in [4.78, 5) is 10.7. The Labute approximate surface area is 105 Å². The van der Waals surface area contributed by atoms with Crippen LogP contribution in [0.25, 0.3) is 0 Å². The van der Waals surface area contributed by atoms with Crippen molar-refractivity contribution in [3.8, 4) is 5.75 Å². The molecule has 0 heterocycles. The fraction of sp³-hybridized carbons (Fsp3) is 0.133. The highest BCUT2D eigenvalue weighted by molar-refractivity contribution is 5.75. The molecule has 0 radical (unpaired) electrons. The van der Waals surface area contributed by atoms with Gasteiger partial charge < -0.3 is 4.74 Å². The molecule has 0 fully saturated rings. The minimum absolute atomic E-state index is 0.149. The van der Waals surface area contributed by atoms with Crippen molar-refractivity contribution in [1.29, 1.82) is 0 Å². The second-order valence-electron chi connectivity index (χ2n) is 4.02. The third-order valence-electron chi connectivity index (χ3n) is 2.69. The molecule has 2 aromatic carbocycles. The molecule has 0 spiro atoms. The second-order valence-corrected chi connectivity index (χ2v) is 4.02. The molecule has 0 aliphatic heterocycles. The monoisotopic (exact) mass is 244 g/mol. The molecule has 3 heteroatoms. The molecule has 2 aromatic rings. The van der Waals surface area contributed by atoms with Gasteiger partial charge in [-0.25, -0.2) is 4.39 Å². The lowest BCUT2D eigenvalue weighted by atomic mass is 10.1. The third-order valence-corrected chi connectivity index (χ3v) is 2.69. The van der Waals surface area contributed by atoms with E-state index in [4.69, 9.17) is 4.74 Å². The predicted molar refractivity (Wildman–Crippen MR) is 67.3 cm³/mol. The van der Waals surface area contributed by atoms with Crippen LogP contribution in [-0.4, -0.2) is 6.29 Å². The van der Waals surface area contributed by atoms with Crippen molar-refractivity contribution in [3.63, 3.8) is 0 Å².